The standard InChI is InChI=1S/C24H31P2.Li/c1-14-10-16(3)20(17(4)11-14)22-25-23(26(22)24(7,8)9)21-18(5)12-15(2)13-19(21)6;/h10-13H,1-9H3;/q-1;+1. The van der Waals surface area contributed by atoms with Crippen LogP contribution in [0.2, 0.25) is 0 Å². The van der Waals surface area contributed by atoms with Gasteiger partial charge < -0.3 is 0 Å². The molecule has 0 aliphatic carbocycles. The van der Waals surface area contributed by atoms with Crippen LogP contribution >= 0.6 is 15.7 Å². The van der Waals surface area contributed by atoms with Crippen LogP contribution in [0, 0.1) is 41.5 Å². The van der Waals surface area contributed by atoms with E-state index in [2.05, 4.69) is 86.6 Å². The minimum atomic E-state index is -0.281. The monoisotopic (exact) mass is 388 g/mol. The Morgan fingerprint density at radius 3 is 1.56 bits per heavy atom. The van der Waals surface area contributed by atoms with Crippen LogP contribution in [0.3, 0.4) is 0 Å². The molecule has 0 spiro atoms. The third-order valence-electron chi connectivity index (χ3n) is 5.11. The number of hydrogen-bond donors (Lipinski definition) is 0. The summed E-state index contributed by atoms with van der Waals surface area (Å²) < 4.78 is 0. The Morgan fingerprint density at radius 1 is 0.741 bits per heavy atom. The maximum atomic E-state index is 2.42. The van der Waals surface area contributed by atoms with Gasteiger partial charge in [-0.1, -0.05) is 70.0 Å². The van der Waals surface area contributed by atoms with Crippen LogP contribution in [-0.2, 0) is 5.16 Å². The summed E-state index contributed by atoms with van der Waals surface area (Å²) in [5, 5.41) is 3.65. The SMILES string of the molecule is Cc1cc(C)c(-c2p[c-](-c3c(C)cc(C)cc3C)p2C(C)(C)C)c(C)c1.[Li+]. The van der Waals surface area contributed by atoms with Crippen molar-refractivity contribution in [3.63, 3.8) is 0 Å². The molecule has 3 rings (SSSR count). The van der Waals surface area contributed by atoms with Crippen molar-refractivity contribution in [2.24, 2.45) is 0 Å². The van der Waals surface area contributed by atoms with Gasteiger partial charge in [0.25, 0.3) is 0 Å². The van der Waals surface area contributed by atoms with Crippen LogP contribution in [0.5, 0.6) is 0 Å². The summed E-state index contributed by atoms with van der Waals surface area (Å²) in [5.41, 5.74) is 11.6. The third-order valence-corrected chi connectivity index (χ3v) is 10.4. The average Bonchev–Trinajstić information content (AvgIpc) is 2.40. The van der Waals surface area contributed by atoms with Crippen LogP contribution in [0.15, 0.2) is 24.3 Å². The first-order chi connectivity index (χ1) is 12.0. The van der Waals surface area contributed by atoms with Crippen LogP contribution in [0.4, 0.5) is 0 Å². The van der Waals surface area contributed by atoms with Gasteiger partial charge in [-0.15, -0.1) is 24.9 Å². The summed E-state index contributed by atoms with van der Waals surface area (Å²) in [5.74, 6) is 0. The van der Waals surface area contributed by atoms with E-state index in [9.17, 15) is 0 Å². The molecule has 0 saturated carbocycles. The van der Waals surface area contributed by atoms with E-state index in [1.165, 1.54) is 52.7 Å². The molecule has 0 aliphatic rings. The van der Waals surface area contributed by atoms with Gasteiger partial charge in [0.2, 0.25) is 0 Å². The summed E-state index contributed by atoms with van der Waals surface area (Å²) >= 11 is 0. The Kier molecular flexibility index (Phi) is 6.73. The minimum absolute atomic E-state index is 0. The molecule has 0 radical (unpaired) electrons. The molecule has 27 heavy (non-hydrogen) atoms. The zero-order valence-corrected chi connectivity index (χ0v) is 20.5. The van der Waals surface area contributed by atoms with Crippen LogP contribution < -0.4 is 18.9 Å². The van der Waals surface area contributed by atoms with E-state index in [0.29, 0.717) is 5.16 Å². The molecule has 0 saturated heterocycles. The second kappa shape index (κ2) is 8.01. The first kappa shape index (κ1) is 22.7. The molecule has 0 unspecified atom stereocenters. The van der Waals surface area contributed by atoms with E-state index < -0.39 is 0 Å². The fourth-order valence-corrected chi connectivity index (χ4v) is 11.2. The van der Waals surface area contributed by atoms with Gasteiger partial charge in [0, 0.05) is 0 Å². The van der Waals surface area contributed by atoms with Gasteiger partial charge in [-0.25, -0.2) is 0 Å². The molecule has 0 atom stereocenters. The molecule has 3 heteroatoms. The molecule has 138 valence electrons. The number of hydrogen-bond acceptors (Lipinski definition) is 0. The first-order valence-electron chi connectivity index (χ1n) is 9.43. The van der Waals surface area contributed by atoms with Gasteiger partial charge >= 0.3 is 18.9 Å². The van der Waals surface area contributed by atoms with Crippen molar-refractivity contribution in [1.29, 1.82) is 0 Å². The predicted molar refractivity (Wildman–Crippen MR) is 122 cm³/mol. The minimum Gasteiger partial charge on any atom is -0.164 e. The fraction of sp³-hybridized carbons (Fsp3) is 0.417. The topological polar surface area (TPSA) is 0 Å². The van der Waals surface area contributed by atoms with Gasteiger partial charge in [0.15, 0.2) is 0 Å². The summed E-state index contributed by atoms with van der Waals surface area (Å²) in [6.07, 6.45) is 0. The second-order valence-corrected chi connectivity index (χ2v) is 13.5. The Morgan fingerprint density at radius 2 is 1.15 bits per heavy atom. The second-order valence-electron chi connectivity index (χ2n) is 8.81. The average molecular weight is 388 g/mol. The Labute approximate surface area is 180 Å². The van der Waals surface area contributed by atoms with Gasteiger partial charge in [0.1, 0.15) is 0 Å². The third kappa shape index (κ3) is 4.21. The normalized spacial score (nSPS) is 12.6. The van der Waals surface area contributed by atoms with E-state index in [0.717, 1.165) is 0 Å². The number of benzene rings is 2. The Hall–Kier alpha value is -0.623. The Bertz CT molecular complexity index is 864. The number of aryl methyl sites for hydroxylation is 6. The molecule has 1 aromatic heterocycles. The molecule has 3 aromatic rings. The van der Waals surface area contributed by atoms with E-state index in [1.807, 2.05) is 0 Å². The van der Waals surface area contributed by atoms with E-state index >= 15 is 0 Å². The molecule has 0 aliphatic heterocycles. The summed E-state index contributed by atoms with van der Waals surface area (Å²) in [6, 6.07) is 9.39. The van der Waals surface area contributed by atoms with Crippen LogP contribution in [-0.4, -0.2) is 0 Å². The van der Waals surface area contributed by atoms with E-state index in [4.69, 9.17) is 0 Å². The molecule has 0 nitrogen and oxygen atoms in total. The zero-order chi connectivity index (χ0) is 19.4. The van der Waals surface area contributed by atoms with Gasteiger partial charge in [0.05, 0.1) is 0 Å². The summed E-state index contributed by atoms with van der Waals surface area (Å²) in [7, 11) is 1.17. The molecule has 1 heterocycles. The van der Waals surface area contributed by atoms with Crippen molar-refractivity contribution in [2.45, 2.75) is 67.5 Å². The quantitative estimate of drug-likeness (QED) is 0.378. The van der Waals surface area contributed by atoms with Gasteiger partial charge in [-0.3, -0.25) is 0 Å². The molecule has 0 bridgehead atoms. The largest absolute Gasteiger partial charge is 1.00 e. The van der Waals surface area contributed by atoms with Crippen molar-refractivity contribution in [2.75, 3.05) is 0 Å². The zero-order valence-electron chi connectivity index (χ0n) is 18.7. The fourth-order valence-electron chi connectivity index (χ4n) is 4.29. The smallest absolute Gasteiger partial charge is 0.164 e. The van der Waals surface area contributed by atoms with E-state index in [1.54, 1.807) is 10.1 Å². The molecular formula is C24H31LiP2. The summed E-state index contributed by atoms with van der Waals surface area (Å²) in [4.78, 5) is 0. The van der Waals surface area contributed by atoms with Crippen molar-refractivity contribution < 1.29 is 18.9 Å². The maximum absolute atomic E-state index is 2.42. The van der Waals surface area contributed by atoms with Gasteiger partial charge in [-0.2, -0.15) is 7.53 Å². The molecule has 0 fully saturated rings. The molecule has 2 aromatic carbocycles. The Balaban J connectivity index is 0.00000261. The number of rotatable bonds is 2. The van der Waals surface area contributed by atoms with Gasteiger partial charge in [-0.05, 0) is 59.6 Å². The molecule has 0 N–H and O–H groups in total. The predicted octanol–water partition coefficient (Wildman–Crippen LogP) is 5.92. The van der Waals surface area contributed by atoms with Crippen molar-refractivity contribution >= 4 is 15.7 Å². The van der Waals surface area contributed by atoms with Crippen molar-refractivity contribution in [3.8, 4) is 21.2 Å². The molecule has 0 amide bonds. The maximum Gasteiger partial charge on any atom is 1.00 e. The van der Waals surface area contributed by atoms with Crippen molar-refractivity contribution in [3.05, 3.63) is 57.6 Å². The van der Waals surface area contributed by atoms with Crippen LogP contribution in [0.1, 0.15) is 54.2 Å². The first-order valence-corrected chi connectivity index (χ1v) is 11.7. The van der Waals surface area contributed by atoms with Crippen molar-refractivity contribution in [1.82, 2.24) is 0 Å². The van der Waals surface area contributed by atoms with Crippen LogP contribution in [0.25, 0.3) is 21.2 Å². The summed E-state index contributed by atoms with van der Waals surface area (Å²) in [6.45, 7) is 20.8. The van der Waals surface area contributed by atoms with E-state index in [-0.39, 0.29) is 26.4 Å². The molecular weight excluding hydrogens is 357 g/mol.